The molecule has 0 saturated carbocycles. The van der Waals surface area contributed by atoms with Crippen LogP contribution >= 0.6 is 0 Å². The Bertz CT molecular complexity index is 415. The number of carbonyl (C=O) groups is 1. The molecule has 0 fully saturated rings. The van der Waals surface area contributed by atoms with Crippen molar-refractivity contribution in [3.05, 3.63) is 23.3 Å². The molecule has 0 aromatic heterocycles. The number of nitrogen functional groups attached to an aromatic ring is 1. The van der Waals surface area contributed by atoms with Gasteiger partial charge in [-0.05, 0) is 31.0 Å². The third-order valence-corrected chi connectivity index (χ3v) is 2.69. The molecule has 0 saturated heterocycles. The van der Waals surface area contributed by atoms with Gasteiger partial charge in [-0.1, -0.05) is 0 Å². The van der Waals surface area contributed by atoms with Crippen molar-refractivity contribution < 1.29 is 4.79 Å². The largest absolute Gasteiger partial charge is 0.397 e. The second kappa shape index (κ2) is 3.46. The van der Waals surface area contributed by atoms with Crippen LogP contribution in [0.25, 0.3) is 0 Å². The average Bonchev–Trinajstić information content (AvgIpc) is 2.16. The quantitative estimate of drug-likeness (QED) is 0.599. The molecule has 0 spiro atoms. The van der Waals surface area contributed by atoms with Gasteiger partial charge >= 0.3 is 0 Å². The zero-order valence-electron chi connectivity index (χ0n) is 8.92. The highest BCUT2D eigenvalue weighted by Crippen LogP contribution is 2.26. The lowest BCUT2D eigenvalue weighted by atomic mass is 9.95. The van der Waals surface area contributed by atoms with E-state index in [2.05, 4.69) is 10.6 Å². The molecule has 80 valence electrons. The number of fused-ring (bicyclic) bond motifs is 1. The van der Waals surface area contributed by atoms with Crippen LogP contribution in [0.15, 0.2) is 12.1 Å². The SMILES string of the molecule is CNc1cc2c(cc1N)CC(C)NC2=O. The summed E-state index contributed by atoms with van der Waals surface area (Å²) in [7, 11) is 1.79. The van der Waals surface area contributed by atoms with E-state index in [-0.39, 0.29) is 11.9 Å². The number of carbonyl (C=O) groups excluding carboxylic acids is 1. The van der Waals surface area contributed by atoms with E-state index < -0.39 is 0 Å². The summed E-state index contributed by atoms with van der Waals surface area (Å²) < 4.78 is 0. The normalized spacial score (nSPS) is 19.3. The maximum absolute atomic E-state index is 11.7. The van der Waals surface area contributed by atoms with E-state index >= 15 is 0 Å². The molecule has 1 aromatic carbocycles. The van der Waals surface area contributed by atoms with Crippen LogP contribution in [0.4, 0.5) is 11.4 Å². The molecule has 1 atom stereocenters. The van der Waals surface area contributed by atoms with Crippen LogP contribution in [0.5, 0.6) is 0 Å². The third-order valence-electron chi connectivity index (χ3n) is 2.69. The molecule has 1 aliphatic rings. The van der Waals surface area contributed by atoms with E-state index in [1.165, 1.54) is 0 Å². The van der Waals surface area contributed by atoms with Gasteiger partial charge in [-0.15, -0.1) is 0 Å². The Morgan fingerprint density at radius 2 is 2.27 bits per heavy atom. The molecule has 0 aliphatic carbocycles. The van der Waals surface area contributed by atoms with Crippen molar-refractivity contribution >= 4 is 17.3 Å². The fourth-order valence-electron chi connectivity index (χ4n) is 1.94. The monoisotopic (exact) mass is 205 g/mol. The highest BCUT2D eigenvalue weighted by atomic mass is 16.1. The summed E-state index contributed by atoms with van der Waals surface area (Å²) in [5.41, 5.74) is 9.11. The number of hydrogen-bond donors (Lipinski definition) is 3. The molecule has 2 rings (SSSR count). The zero-order valence-corrected chi connectivity index (χ0v) is 8.92. The van der Waals surface area contributed by atoms with E-state index in [4.69, 9.17) is 5.73 Å². The fourth-order valence-corrected chi connectivity index (χ4v) is 1.94. The topological polar surface area (TPSA) is 67.2 Å². The summed E-state index contributed by atoms with van der Waals surface area (Å²) in [6, 6.07) is 3.88. The summed E-state index contributed by atoms with van der Waals surface area (Å²) in [4.78, 5) is 11.7. The number of rotatable bonds is 1. The standard InChI is InChI=1S/C11H15N3O/c1-6-3-7-4-9(12)10(13-2)5-8(7)11(15)14-6/h4-6,13H,3,12H2,1-2H3,(H,14,15). The zero-order chi connectivity index (χ0) is 11.0. The molecule has 1 unspecified atom stereocenters. The van der Waals surface area contributed by atoms with E-state index in [1.807, 2.05) is 19.1 Å². The van der Waals surface area contributed by atoms with Gasteiger partial charge in [-0.25, -0.2) is 0 Å². The lowest BCUT2D eigenvalue weighted by molar-refractivity contribution is 0.0929. The van der Waals surface area contributed by atoms with E-state index in [1.54, 1.807) is 7.05 Å². The lowest BCUT2D eigenvalue weighted by Crippen LogP contribution is -2.39. The molecular formula is C11H15N3O. The third kappa shape index (κ3) is 1.63. The highest BCUT2D eigenvalue weighted by molar-refractivity contribution is 5.99. The van der Waals surface area contributed by atoms with E-state index in [0.29, 0.717) is 5.69 Å². The summed E-state index contributed by atoms with van der Waals surface area (Å²) in [6.45, 7) is 1.99. The van der Waals surface area contributed by atoms with Crippen molar-refractivity contribution in [3.8, 4) is 0 Å². The Hall–Kier alpha value is -1.71. The highest BCUT2D eigenvalue weighted by Gasteiger charge is 2.22. The molecule has 1 amide bonds. The summed E-state index contributed by atoms with van der Waals surface area (Å²) >= 11 is 0. The van der Waals surface area contributed by atoms with E-state index in [9.17, 15) is 4.79 Å². The van der Waals surface area contributed by atoms with Gasteiger partial charge in [0.25, 0.3) is 5.91 Å². The summed E-state index contributed by atoms with van der Waals surface area (Å²) in [6.07, 6.45) is 0.843. The van der Waals surface area contributed by atoms with Crippen LogP contribution in [-0.4, -0.2) is 19.0 Å². The van der Waals surface area contributed by atoms with Gasteiger partial charge in [-0.2, -0.15) is 0 Å². The average molecular weight is 205 g/mol. The van der Waals surface area contributed by atoms with Crippen molar-refractivity contribution in [2.24, 2.45) is 0 Å². The second-order valence-electron chi connectivity index (χ2n) is 3.93. The molecule has 15 heavy (non-hydrogen) atoms. The summed E-state index contributed by atoms with van der Waals surface area (Å²) in [5.74, 6) is -0.0137. The lowest BCUT2D eigenvalue weighted by Gasteiger charge is -2.23. The second-order valence-corrected chi connectivity index (χ2v) is 3.93. The van der Waals surface area contributed by atoms with Gasteiger partial charge in [0.2, 0.25) is 0 Å². The van der Waals surface area contributed by atoms with Gasteiger partial charge in [-0.3, -0.25) is 4.79 Å². The number of anilines is 2. The molecular weight excluding hydrogens is 190 g/mol. The first-order chi connectivity index (χ1) is 7.11. The number of nitrogens with two attached hydrogens (primary N) is 1. The van der Waals surface area contributed by atoms with Crippen LogP contribution in [0.1, 0.15) is 22.8 Å². The van der Waals surface area contributed by atoms with Crippen LogP contribution in [0, 0.1) is 0 Å². The van der Waals surface area contributed by atoms with Crippen molar-refractivity contribution in [3.63, 3.8) is 0 Å². The number of amides is 1. The van der Waals surface area contributed by atoms with Crippen LogP contribution < -0.4 is 16.4 Å². The predicted molar refractivity (Wildman–Crippen MR) is 61.0 cm³/mol. The van der Waals surface area contributed by atoms with Crippen molar-refractivity contribution in [2.75, 3.05) is 18.1 Å². The molecule has 1 heterocycles. The smallest absolute Gasteiger partial charge is 0.251 e. The van der Waals surface area contributed by atoms with Crippen molar-refractivity contribution in [1.29, 1.82) is 0 Å². The fraction of sp³-hybridized carbons (Fsp3) is 0.364. The number of hydrogen-bond acceptors (Lipinski definition) is 3. The van der Waals surface area contributed by atoms with Crippen molar-refractivity contribution in [2.45, 2.75) is 19.4 Å². The Labute approximate surface area is 88.9 Å². The first-order valence-corrected chi connectivity index (χ1v) is 5.03. The molecule has 4 N–H and O–H groups in total. The van der Waals surface area contributed by atoms with E-state index in [0.717, 1.165) is 23.2 Å². The first-order valence-electron chi connectivity index (χ1n) is 5.03. The maximum atomic E-state index is 11.7. The van der Waals surface area contributed by atoms with Gasteiger partial charge in [0, 0.05) is 18.7 Å². The Morgan fingerprint density at radius 3 is 2.93 bits per heavy atom. The molecule has 1 aliphatic heterocycles. The molecule has 4 nitrogen and oxygen atoms in total. The van der Waals surface area contributed by atoms with Gasteiger partial charge < -0.3 is 16.4 Å². The summed E-state index contributed by atoms with van der Waals surface area (Å²) in [5, 5.41) is 5.87. The van der Waals surface area contributed by atoms with Crippen LogP contribution in [0.2, 0.25) is 0 Å². The first kappa shape index (κ1) is 9.83. The van der Waals surface area contributed by atoms with Crippen LogP contribution in [-0.2, 0) is 6.42 Å². The minimum Gasteiger partial charge on any atom is -0.397 e. The Kier molecular flexibility index (Phi) is 2.26. The molecule has 0 radical (unpaired) electrons. The predicted octanol–water partition coefficient (Wildman–Crippen LogP) is 0.985. The Balaban J connectivity index is 2.52. The molecule has 0 bridgehead atoms. The van der Waals surface area contributed by atoms with Gasteiger partial charge in [0.05, 0.1) is 11.4 Å². The number of nitrogens with one attached hydrogen (secondary N) is 2. The minimum absolute atomic E-state index is 0.0137. The maximum Gasteiger partial charge on any atom is 0.251 e. The van der Waals surface area contributed by atoms with Crippen molar-refractivity contribution in [1.82, 2.24) is 5.32 Å². The molecule has 4 heteroatoms. The molecule has 1 aromatic rings. The van der Waals surface area contributed by atoms with Gasteiger partial charge in [0.1, 0.15) is 0 Å². The minimum atomic E-state index is -0.0137. The Morgan fingerprint density at radius 1 is 1.53 bits per heavy atom. The van der Waals surface area contributed by atoms with Gasteiger partial charge in [0.15, 0.2) is 0 Å². The number of benzene rings is 1. The van der Waals surface area contributed by atoms with Crippen LogP contribution in [0.3, 0.4) is 0 Å².